The summed E-state index contributed by atoms with van der Waals surface area (Å²) in [7, 11) is 0. The van der Waals surface area contributed by atoms with Gasteiger partial charge in [-0.15, -0.1) is 0 Å². The molecule has 0 saturated carbocycles. The van der Waals surface area contributed by atoms with Gasteiger partial charge in [-0.2, -0.15) is 0 Å². The molecule has 0 saturated heterocycles. The molecule has 0 amide bonds. The van der Waals surface area contributed by atoms with Gasteiger partial charge in [-0.1, -0.05) is 205 Å². The van der Waals surface area contributed by atoms with Crippen LogP contribution in [0.3, 0.4) is 0 Å². The van der Waals surface area contributed by atoms with Gasteiger partial charge in [0, 0.05) is 0 Å². The molecule has 0 fully saturated rings. The Morgan fingerprint density at radius 1 is 0.526 bits per heavy atom. The summed E-state index contributed by atoms with van der Waals surface area (Å²) in [5.74, 6) is 3.52. The SMILES string of the molecule is CC.CC(C)(C)C.CC(C)C.CCC(C)C.CCCC(C)C.CCCCCC(C)C.Cc1ccc(C)cc1. The van der Waals surface area contributed by atoms with E-state index in [1.807, 2.05) is 13.8 Å². The lowest BCUT2D eigenvalue weighted by Gasteiger charge is -2.05. The molecule has 0 bridgehead atoms. The zero-order valence-electron chi connectivity index (χ0n) is 31.1. The summed E-state index contributed by atoms with van der Waals surface area (Å²) in [4.78, 5) is 0. The molecule has 0 aliphatic heterocycles. The van der Waals surface area contributed by atoms with E-state index in [0.717, 1.165) is 23.7 Å². The molecule has 0 nitrogen and oxygen atoms in total. The van der Waals surface area contributed by atoms with Crippen molar-refractivity contribution in [3.63, 3.8) is 0 Å². The second-order valence-electron chi connectivity index (χ2n) is 13.8. The van der Waals surface area contributed by atoms with E-state index in [0.29, 0.717) is 5.41 Å². The topological polar surface area (TPSA) is 0 Å². The molecule has 1 aromatic carbocycles. The van der Waals surface area contributed by atoms with Gasteiger partial charge in [0.1, 0.15) is 0 Å². The molecule has 0 heterocycles. The summed E-state index contributed by atoms with van der Waals surface area (Å²) < 4.78 is 0. The number of rotatable bonds is 7. The third kappa shape index (κ3) is 112. The fourth-order valence-electron chi connectivity index (χ4n) is 2.02. The van der Waals surface area contributed by atoms with Crippen molar-refractivity contribution in [3.05, 3.63) is 35.4 Å². The third-order valence-electron chi connectivity index (χ3n) is 4.29. The predicted molar refractivity (Wildman–Crippen MR) is 187 cm³/mol. The van der Waals surface area contributed by atoms with Crippen LogP contribution in [-0.2, 0) is 0 Å². The summed E-state index contributed by atoms with van der Waals surface area (Å²) >= 11 is 0. The summed E-state index contributed by atoms with van der Waals surface area (Å²) in [6.07, 6.45) is 9.62. The largest absolute Gasteiger partial charge is 0.0683 e. The number of hydrogen-bond acceptors (Lipinski definition) is 0. The van der Waals surface area contributed by atoms with Gasteiger partial charge in [0.15, 0.2) is 0 Å². The maximum Gasteiger partial charge on any atom is -0.0398 e. The first-order valence-corrected chi connectivity index (χ1v) is 16.4. The minimum Gasteiger partial charge on any atom is -0.0683 e. The highest BCUT2D eigenvalue weighted by molar-refractivity contribution is 5.19. The Kier molecular flexibility index (Phi) is 50.6. The van der Waals surface area contributed by atoms with E-state index in [1.165, 1.54) is 56.1 Å². The molecule has 0 aliphatic carbocycles. The van der Waals surface area contributed by atoms with Crippen LogP contribution in [0.2, 0.25) is 0 Å². The van der Waals surface area contributed by atoms with Crippen LogP contribution in [-0.4, -0.2) is 0 Å². The van der Waals surface area contributed by atoms with Gasteiger partial charge in [0.05, 0.1) is 0 Å². The lowest BCUT2D eigenvalue weighted by Crippen LogP contribution is -1.93. The van der Waals surface area contributed by atoms with Crippen molar-refractivity contribution in [2.45, 2.75) is 183 Å². The first-order chi connectivity index (χ1) is 17.3. The van der Waals surface area contributed by atoms with Crippen molar-refractivity contribution < 1.29 is 0 Å². The molecule has 38 heavy (non-hydrogen) atoms. The average molecular weight is 539 g/mol. The molecule has 0 aliphatic rings. The quantitative estimate of drug-likeness (QED) is 0.303. The van der Waals surface area contributed by atoms with Crippen LogP contribution in [0, 0.1) is 42.9 Å². The monoisotopic (exact) mass is 539 g/mol. The van der Waals surface area contributed by atoms with E-state index < -0.39 is 0 Å². The van der Waals surface area contributed by atoms with Crippen LogP contribution in [0.4, 0.5) is 0 Å². The molecule has 1 rings (SSSR count). The Hall–Kier alpha value is -0.780. The van der Waals surface area contributed by atoms with Crippen LogP contribution in [0.5, 0.6) is 0 Å². The fourth-order valence-corrected chi connectivity index (χ4v) is 2.02. The van der Waals surface area contributed by atoms with Gasteiger partial charge in [-0.25, -0.2) is 0 Å². The standard InChI is InChI=1S/C8H10.C8H18.C6H14.2C5H12.C4H10.C2H6/c1-7-3-5-8(2)6-4-7;1-4-5-6-7-8(2)3;1-4-5-6(2)3;1-5(2,3)4;1-4-5(2)3;1-4(2)3;1-2/h3-6H,1-2H3;8H,4-7H2,1-3H3;6H,4-5H2,1-3H3;1-4H3;5H,4H2,1-3H3;4H,1-3H3;1-2H3. The van der Waals surface area contributed by atoms with Crippen LogP contribution in [0.25, 0.3) is 0 Å². The van der Waals surface area contributed by atoms with E-state index in [4.69, 9.17) is 0 Å². The van der Waals surface area contributed by atoms with E-state index in [2.05, 4.69) is 149 Å². The van der Waals surface area contributed by atoms with Gasteiger partial charge in [0.25, 0.3) is 0 Å². The van der Waals surface area contributed by atoms with Crippen molar-refractivity contribution in [2.24, 2.45) is 29.1 Å². The molecule has 0 N–H and O–H groups in total. The van der Waals surface area contributed by atoms with Gasteiger partial charge < -0.3 is 0 Å². The summed E-state index contributed by atoms with van der Waals surface area (Å²) in [5, 5.41) is 0. The number of hydrogen-bond donors (Lipinski definition) is 0. The molecule has 0 spiro atoms. The first-order valence-electron chi connectivity index (χ1n) is 16.4. The highest BCUT2D eigenvalue weighted by Gasteiger charge is 1.95. The number of unbranched alkanes of at least 4 members (excludes halogenated alkanes) is 2. The molecule has 0 radical (unpaired) electrons. The zero-order valence-corrected chi connectivity index (χ0v) is 31.1. The Morgan fingerprint density at radius 3 is 0.921 bits per heavy atom. The highest BCUT2D eigenvalue weighted by atomic mass is 14.0. The molecule has 0 unspecified atom stereocenters. The minimum atomic E-state index is 0.500. The van der Waals surface area contributed by atoms with Crippen molar-refractivity contribution in [2.75, 3.05) is 0 Å². The van der Waals surface area contributed by atoms with E-state index >= 15 is 0 Å². The van der Waals surface area contributed by atoms with Gasteiger partial charge in [-0.3, -0.25) is 0 Å². The second kappa shape index (κ2) is 38.4. The summed E-state index contributed by atoms with van der Waals surface area (Å²) in [5.41, 5.74) is 3.16. The Morgan fingerprint density at radius 2 is 0.789 bits per heavy atom. The van der Waals surface area contributed by atoms with E-state index in [-0.39, 0.29) is 0 Å². The number of aryl methyl sites for hydroxylation is 2. The molecule has 1 aromatic rings. The Labute approximate surface area is 247 Å². The number of benzene rings is 1. The third-order valence-corrected chi connectivity index (χ3v) is 4.29. The molecule has 0 aromatic heterocycles. The Bertz CT molecular complexity index is 438. The van der Waals surface area contributed by atoms with Crippen molar-refractivity contribution in [3.8, 4) is 0 Å². The maximum absolute atomic E-state index is 2.29. The first kappa shape index (κ1) is 50.1. The predicted octanol–water partition coefficient (Wildman–Crippen LogP) is 14.8. The summed E-state index contributed by atoms with van der Waals surface area (Å²) in [6, 6.07) is 8.48. The van der Waals surface area contributed by atoms with Gasteiger partial charge >= 0.3 is 0 Å². The lowest BCUT2D eigenvalue weighted by atomic mass is 10.0. The van der Waals surface area contributed by atoms with Crippen LogP contribution in [0.15, 0.2) is 24.3 Å². The highest BCUT2D eigenvalue weighted by Crippen LogP contribution is 2.08. The zero-order chi connectivity index (χ0) is 31.7. The molecular weight excluding hydrogens is 456 g/mol. The molecular formula is C38H82. The van der Waals surface area contributed by atoms with Crippen LogP contribution >= 0.6 is 0 Å². The smallest absolute Gasteiger partial charge is 0.0398 e. The summed E-state index contributed by atoms with van der Waals surface area (Å²) in [6.45, 7) is 43.6. The van der Waals surface area contributed by atoms with Crippen LogP contribution in [0.1, 0.15) is 181 Å². The minimum absolute atomic E-state index is 0.500. The van der Waals surface area contributed by atoms with E-state index in [1.54, 1.807) is 0 Å². The van der Waals surface area contributed by atoms with Crippen LogP contribution < -0.4 is 0 Å². The van der Waals surface area contributed by atoms with Crippen molar-refractivity contribution in [1.82, 2.24) is 0 Å². The van der Waals surface area contributed by atoms with Crippen molar-refractivity contribution >= 4 is 0 Å². The maximum atomic E-state index is 2.29. The molecule has 0 heteroatoms. The van der Waals surface area contributed by atoms with Gasteiger partial charge in [-0.05, 0) is 42.9 Å². The van der Waals surface area contributed by atoms with Crippen molar-refractivity contribution in [1.29, 1.82) is 0 Å². The second-order valence-corrected chi connectivity index (χ2v) is 13.8. The van der Waals surface area contributed by atoms with Gasteiger partial charge in [0.2, 0.25) is 0 Å². The molecule has 234 valence electrons. The lowest BCUT2D eigenvalue weighted by molar-refractivity contribution is 0.469. The Balaban J connectivity index is -0.0000000812. The van der Waals surface area contributed by atoms with E-state index in [9.17, 15) is 0 Å². The molecule has 0 atom stereocenters. The normalized spacial score (nSPS) is 9.68. The fraction of sp³-hybridized carbons (Fsp3) is 0.842. The average Bonchev–Trinajstić information content (AvgIpc) is 2.77.